The van der Waals surface area contributed by atoms with E-state index in [2.05, 4.69) is 0 Å². The number of hydrogen-bond donors (Lipinski definition) is 1. The lowest BCUT2D eigenvalue weighted by Crippen LogP contribution is -2.17. The lowest BCUT2D eigenvalue weighted by molar-refractivity contribution is 0.135. The molecule has 0 aliphatic heterocycles. The summed E-state index contributed by atoms with van der Waals surface area (Å²) in [5.41, 5.74) is 1.12. The molecule has 0 radical (unpaired) electrons. The van der Waals surface area contributed by atoms with Crippen molar-refractivity contribution in [1.82, 2.24) is 0 Å². The van der Waals surface area contributed by atoms with Crippen molar-refractivity contribution in [2.45, 2.75) is 44.1 Å². The average Bonchev–Trinajstić information content (AvgIpc) is 2.44. The molecule has 1 saturated carbocycles. The first kappa shape index (κ1) is 11.0. The van der Waals surface area contributed by atoms with Gasteiger partial charge in [-0.25, -0.2) is 0 Å². The Bertz CT molecular complexity index is 324. The number of aliphatic hydroxyl groups is 1. The minimum Gasteiger partial charge on any atom is -0.392 e. The van der Waals surface area contributed by atoms with Crippen molar-refractivity contribution in [2.24, 2.45) is 0 Å². The molecule has 1 fully saturated rings. The predicted octanol–water partition coefficient (Wildman–Crippen LogP) is 3.75. The number of halogens is 1. The van der Waals surface area contributed by atoms with Crippen LogP contribution in [0.25, 0.3) is 0 Å². The van der Waals surface area contributed by atoms with E-state index in [0.29, 0.717) is 0 Å². The molecule has 15 heavy (non-hydrogen) atoms. The Balaban J connectivity index is 2.24. The molecule has 2 unspecified atom stereocenters. The first-order valence-corrected chi connectivity index (χ1v) is 6.09. The second-order valence-corrected chi connectivity index (χ2v) is 4.74. The molecule has 0 amide bonds. The minimum atomic E-state index is -0.215. The molecule has 0 spiro atoms. The SMILES string of the molecule is OC1CCCCCC1c1ccccc1Cl. The fraction of sp³-hybridized carbons (Fsp3) is 0.538. The van der Waals surface area contributed by atoms with E-state index in [1.807, 2.05) is 24.3 Å². The predicted molar refractivity (Wildman–Crippen MR) is 63.3 cm³/mol. The molecule has 1 N–H and O–H groups in total. The summed E-state index contributed by atoms with van der Waals surface area (Å²) >= 11 is 6.17. The minimum absolute atomic E-state index is 0.215. The Kier molecular flexibility index (Phi) is 3.66. The molecular formula is C13H17ClO. The fourth-order valence-electron chi connectivity index (χ4n) is 2.43. The van der Waals surface area contributed by atoms with Crippen LogP contribution in [0.15, 0.2) is 24.3 Å². The Hall–Kier alpha value is -0.530. The molecule has 2 rings (SSSR count). The molecule has 1 aromatic carbocycles. The van der Waals surface area contributed by atoms with Crippen molar-refractivity contribution < 1.29 is 5.11 Å². The summed E-state index contributed by atoms with van der Waals surface area (Å²) in [7, 11) is 0. The first-order valence-electron chi connectivity index (χ1n) is 5.71. The topological polar surface area (TPSA) is 20.2 Å². The molecule has 0 saturated heterocycles. The quantitative estimate of drug-likeness (QED) is 0.721. The summed E-state index contributed by atoms with van der Waals surface area (Å²) < 4.78 is 0. The van der Waals surface area contributed by atoms with Gasteiger partial charge in [0, 0.05) is 10.9 Å². The summed E-state index contributed by atoms with van der Waals surface area (Å²) in [6, 6.07) is 7.89. The second kappa shape index (κ2) is 5.00. The van der Waals surface area contributed by atoms with Crippen LogP contribution in [-0.4, -0.2) is 11.2 Å². The molecule has 0 heterocycles. The Morgan fingerprint density at radius 3 is 2.60 bits per heavy atom. The number of benzene rings is 1. The van der Waals surface area contributed by atoms with E-state index >= 15 is 0 Å². The maximum atomic E-state index is 10.1. The molecule has 1 aromatic rings. The van der Waals surface area contributed by atoms with E-state index in [9.17, 15) is 5.11 Å². The molecule has 0 bridgehead atoms. The van der Waals surface area contributed by atoms with Gasteiger partial charge in [0.15, 0.2) is 0 Å². The molecule has 1 aliphatic rings. The van der Waals surface area contributed by atoms with Crippen LogP contribution in [0, 0.1) is 0 Å². The van der Waals surface area contributed by atoms with E-state index in [1.165, 1.54) is 12.8 Å². The van der Waals surface area contributed by atoms with Gasteiger partial charge in [-0.2, -0.15) is 0 Å². The lowest BCUT2D eigenvalue weighted by atomic mass is 9.89. The monoisotopic (exact) mass is 224 g/mol. The third-order valence-corrected chi connectivity index (χ3v) is 3.63. The zero-order chi connectivity index (χ0) is 10.7. The zero-order valence-corrected chi connectivity index (χ0v) is 9.58. The van der Waals surface area contributed by atoms with E-state index in [1.54, 1.807) is 0 Å². The highest BCUT2D eigenvalue weighted by molar-refractivity contribution is 6.31. The fourth-order valence-corrected chi connectivity index (χ4v) is 2.70. The van der Waals surface area contributed by atoms with Crippen LogP contribution in [0.1, 0.15) is 43.6 Å². The second-order valence-electron chi connectivity index (χ2n) is 4.33. The van der Waals surface area contributed by atoms with Crippen molar-refractivity contribution in [1.29, 1.82) is 0 Å². The summed E-state index contributed by atoms with van der Waals surface area (Å²) in [5.74, 6) is 0.237. The Morgan fingerprint density at radius 2 is 1.80 bits per heavy atom. The van der Waals surface area contributed by atoms with Gasteiger partial charge in [-0.1, -0.05) is 49.1 Å². The van der Waals surface area contributed by atoms with Crippen LogP contribution in [0.3, 0.4) is 0 Å². The lowest BCUT2D eigenvalue weighted by Gasteiger charge is -2.21. The van der Waals surface area contributed by atoms with Gasteiger partial charge >= 0.3 is 0 Å². The van der Waals surface area contributed by atoms with E-state index in [0.717, 1.165) is 29.8 Å². The highest BCUT2D eigenvalue weighted by atomic mass is 35.5. The highest BCUT2D eigenvalue weighted by Gasteiger charge is 2.24. The van der Waals surface area contributed by atoms with Crippen LogP contribution in [0.2, 0.25) is 5.02 Å². The van der Waals surface area contributed by atoms with Gasteiger partial charge in [-0.15, -0.1) is 0 Å². The maximum absolute atomic E-state index is 10.1. The normalized spacial score (nSPS) is 27.3. The molecule has 2 heteroatoms. The summed E-state index contributed by atoms with van der Waals surface area (Å²) in [6.45, 7) is 0. The molecular weight excluding hydrogens is 208 g/mol. The largest absolute Gasteiger partial charge is 0.392 e. The first-order chi connectivity index (χ1) is 7.29. The number of aliphatic hydroxyl groups excluding tert-OH is 1. The Labute approximate surface area is 96.1 Å². The van der Waals surface area contributed by atoms with Crippen LogP contribution >= 0.6 is 11.6 Å². The summed E-state index contributed by atoms with van der Waals surface area (Å²) in [4.78, 5) is 0. The van der Waals surface area contributed by atoms with Crippen LogP contribution in [-0.2, 0) is 0 Å². The van der Waals surface area contributed by atoms with Crippen molar-refractivity contribution >= 4 is 11.6 Å². The third-order valence-electron chi connectivity index (χ3n) is 3.28. The van der Waals surface area contributed by atoms with Crippen molar-refractivity contribution in [3.63, 3.8) is 0 Å². The highest BCUT2D eigenvalue weighted by Crippen LogP contribution is 2.35. The van der Waals surface area contributed by atoms with Gasteiger partial charge in [0.25, 0.3) is 0 Å². The van der Waals surface area contributed by atoms with Crippen LogP contribution in [0.4, 0.5) is 0 Å². The van der Waals surface area contributed by atoms with Gasteiger partial charge < -0.3 is 5.11 Å². The zero-order valence-electron chi connectivity index (χ0n) is 8.82. The smallest absolute Gasteiger partial charge is 0.0609 e. The molecule has 1 nitrogen and oxygen atoms in total. The maximum Gasteiger partial charge on any atom is 0.0609 e. The van der Waals surface area contributed by atoms with E-state index in [4.69, 9.17) is 11.6 Å². The van der Waals surface area contributed by atoms with Gasteiger partial charge in [-0.3, -0.25) is 0 Å². The van der Waals surface area contributed by atoms with Gasteiger partial charge in [-0.05, 0) is 24.5 Å². The molecule has 0 aromatic heterocycles. The van der Waals surface area contributed by atoms with Gasteiger partial charge in [0.05, 0.1) is 6.10 Å². The molecule has 1 aliphatic carbocycles. The number of hydrogen-bond acceptors (Lipinski definition) is 1. The summed E-state index contributed by atoms with van der Waals surface area (Å²) in [5, 5.41) is 10.9. The van der Waals surface area contributed by atoms with Crippen molar-refractivity contribution in [3.05, 3.63) is 34.9 Å². The van der Waals surface area contributed by atoms with Crippen LogP contribution in [0.5, 0.6) is 0 Å². The third kappa shape index (κ3) is 2.53. The molecule has 2 atom stereocenters. The molecule has 82 valence electrons. The van der Waals surface area contributed by atoms with E-state index in [-0.39, 0.29) is 12.0 Å². The average molecular weight is 225 g/mol. The van der Waals surface area contributed by atoms with Gasteiger partial charge in [0.1, 0.15) is 0 Å². The van der Waals surface area contributed by atoms with Gasteiger partial charge in [0.2, 0.25) is 0 Å². The van der Waals surface area contributed by atoms with Crippen molar-refractivity contribution in [3.8, 4) is 0 Å². The van der Waals surface area contributed by atoms with Crippen LogP contribution < -0.4 is 0 Å². The summed E-state index contributed by atoms with van der Waals surface area (Å²) in [6.07, 6.45) is 5.33. The standard InChI is InChI=1S/C13H17ClO/c14-12-8-5-4-6-10(12)11-7-2-1-3-9-13(11)15/h4-6,8,11,13,15H,1-3,7,9H2. The Morgan fingerprint density at radius 1 is 1.07 bits per heavy atom. The number of rotatable bonds is 1. The van der Waals surface area contributed by atoms with Crippen molar-refractivity contribution in [2.75, 3.05) is 0 Å². The van der Waals surface area contributed by atoms with E-state index < -0.39 is 0 Å².